The number of hydrogen-bond acceptors (Lipinski definition) is 8. The summed E-state index contributed by atoms with van der Waals surface area (Å²) in [5.41, 5.74) is -0.883. The second kappa shape index (κ2) is 7.62. The molecule has 0 bridgehead atoms. The number of esters is 3. The predicted octanol–water partition coefficient (Wildman–Crippen LogP) is 2.77. The number of benzene rings is 1. The third-order valence-electron chi connectivity index (χ3n) is 4.85. The number of ether oxygens (including phenoxy) is 3. The number of cyclic esters (lactones) is 1. The number of halogens is 1. The molecular weight excluding hydrogens is 418 g/mol. The summed E-state index contributed by atoms with van der Waals surface area (Å²) < 4.78 is 16.3. The Kier molecular flexibility index (Phi) is 5.16. The molecule has 9 heteroatoms. The van der Waals surface area contributed by atoms with Crippen LogP contribution < -0.4 is 0 Å². The molecule has 7 nitrogen and oxygen atoms in total. The van der Waals surface area contributed by atoms with Gasteiger partial charge in [-0.1, -0.05) is 29.8 Å². The molecule has 1 aromatic carbocycles. The molecular formula is C20H16ClNO6S. The minimum Gasteiger partial charge on any atom is -0.465 e. The third-order valence-corrected chi connectivity index (χ3v) is 6.16. The van der Waals surface area contributed by atoms with Gasteiger partial charge in [-0.2, -0.15) is 0 Å². The van der Waals surface area contributed by atoms with Crippen molar-refractivity contribution in [3.63, 3.8) is 0 Å². The summed E-state index contributed by atoms with van der Waals surface area (Å²) >= 11 is 7.95. The molecule has 29 heavy (non-hydrogen) atoms. The molecule has 0 spiro atoms. The highest BCUT2D eigenvalue weighted by Gasteiger charge is 2.56. The molecule has 0 saturated heterocycles. The van der Waals surface area contributed by atoms with Crippen molar-refractivity contribution in [1.82, 2.24) is 4.90 Å². The zero-order chi connectivity index (χ0) is 20.6. The van der Waals surface area contributed by atoms with Crippen molar-refractivity contribution >= 4 is 40.8 Å². The van der Waals surface area contributed by atoms with Gasteiger partial charge in [0.2, 0.25) is 0 Å². The van der Waals surface area contributed by atoms with Crippen LogP contribution in [0.4, 0.5) is 0 Å². The molecule has 1 unspecified atom stereocenters. The van der Waals surface area contributed by atoms with Gasteiger partial charge >= 0.3 is 17.9 Å². The van der Waals surface area contributed by atoms with Gasteiger partial charge in [-0.25, -0.2) is 19.3 Å². The number of rotatable bonds is 2. The molecule has 0 radical (unpaired) electrons. The van der Waals surface area contributed by atoms with Crippen molar-refractivity contribution in [2.45, 2.75) is 24.9 Å². The Morgan fingerprint density at radius 3 is 2.76 bits per heavy atom. The number of carbonyl (C=O) groups is 3. The van der Waals surface area contributed by atoms with Gasteiger partial charge in [0.15, 0.2) is 6.23 Å². The second-order valence-corrected chi connectivity index (χ2v) is 7.87. The van der Waals surface area contributed by atoms with Crippen molar-refractivity contribution in [2.75, 3.05) is 7.11 Å². The molecule has 0 N–H and O–H groups in total. The van der Waals surface area contributed by atoms with Crippen LogP contribution in [0.3, 0.4) is 0 Å². The highest BCUT2D eigenvalue weighted by molar-refractivity contribution is 7.10. The van der Waals surface area contributed by atoms with Crippen LogP contribution in [0.15, 0.2) is 47.9 Å². The average molecular weight is 434 g/mol. The molecule has 2 atom stereocenters. The van der Waals surface area contributed by atoms with Crippen molar-refractivity contribution in [3.05, 3.63) is 68.9 Å². The summed E-state index contributed by atoms with van der Waals surface area (Å²) in [6.45, 7) is 0.185. The van der Waals surface area contributed by atoms with E-state index in [1.165, 1.54) is 23.3 Å². The monoisotopic (exact) mass is 433 g/mol. The molecule has 2 aliphatic heterocycles. The van der Waals surface area contributed by atoms with Crippen LogP contribution in [0.1, 0.15) is 16.0 Å². The lowest BCUT2D eigenvalue weighted by atomic mass is 9.96. The van der Waals surface area contributed by atoms with Crippen molar-refractivity contribution < 1.29 is 28.6 Å². The molecule has 2 aliphatic rings. The summed E-state index contributed by atoms with van der Waals surface area (Å²) in [4.78, 5) is 40.5. The molecule has 4 rings (SSSR count). The fourth-order valence-electron chi connectivity index (χ4n) is 3.56. The van der Waals surface area contributed by atoms with Gasteiger partial charge < -0.3 is 14.2 Å². The van der Waals surface area contributed by atoms with Gasteiger partial charge in [-0.3, -0.25) is 0 Å². The van der Waals surface area contributed by atoms with E-state index in [2.05, 4.69) is 0 Å². The number of carbonyl (C=O) groups excluding carboxylic acids is 3. The second-order valence-electron chi connectivity index (χ2n) is 6.46. The smallest absolute Gasteiger partial charge is 0.371 e. The van der Waals surface area contributed by atoms with E-state index in [1.807, 2.05) is 11.4 Å². The van der Waals surface area contributed by atoms with E-state index < -0.39 is 29.9 Å². The molecule has 0 saturated carbocycles. The summed E-state index contributed by atoms with van der Waals surface area (Å²) in [7, 11) is 1.19. The molecule has 150 valence electrons. The molecule has 0 fully saturated rings. The molecule has 2 aromatic rings. The Balaban J connectivity index is 1.97. The first-order valence-electron chi connectivity index (χ1n) is 8.73. The van der Waals surface area contributed by atoms with Gasteiger partial charge in [0.25, 0.3) is 5.72 Å². The highest BCUT2D eigenvalue weighted by Crippen LogP contribution is 2.43. The maximum Gasteiger partial charge on any atom is 0.371 e. The minimum atomic E-state index is -2.04. The summed E-state index contributed by atoms with van der Waals surface area (Å²) in [5, 5.41) is 2.12. The predicted molar refractivity (Wildman–Crippen MR) is 104 cm³/mol. The zero-order valence-corrected chi connectivity index (χ0v) is 16.9. The molecule has 0 aliphatic carbocycles. The van der Waals surface area contributed by atoms with E-state index in [-0.39, 0.29) is 17.1 Å². The van der Waals surface area contributed by atoms with Crippen LogP contribution in [0.25, 0.3) is 0 Å². The first kappa shape index (κ1) is 19.6. The van der Waals surface area contributed by atoms with Gasteiger partial charge in [-0.15, -0.1) is 11.3 Å². The first-order chi connectivity index (χ1) is 14.0. The number of hydrogen-bond donors (Lipinski definition) is 0. The van der Waals surface area contributed by atoms with Crippen LogP contribution >= 0.6 is 22.9 Å². The number of nitrogens with zero attached hydrogens (tertiary/aromatic N) is 1. The highest BCUT2D eigenvalue weighted by atomic mass is 35.5. The van der Waals surface area contributed by atoms with Crippen LogP contribution in [0.5, 0.6) is 0 Å². The van der Waals surface area contributed by atoms with E-state index in [0.717, 1.165) is 22.6 Å². The normalized spacial score (nSPS) is 25.4. The largest absolute Gasteiger partial charge is 0.465 e. The van der Waals surface area contributed by atoms with Gasteiger partial charge in [0.05, 0.1) is 7.11 Å². The van der Waals surface area contributed by atoms with E-state index in [1.54, 1.807) is 24.3 Å². The summed E-state index contributed by atoms with van der Waals surface area (Å²) in [5.74, 6) is -2.46. The molecule has 3 heterocycles. The standard InChI is InChI=1S/C20H16ClNO6S/c1-26-19(25)20(13-4-2-3-5-14(13)21)22-11-12-8-9-29-15(12)10-16(22)27-17(23)6-7-18(24)28-20/h2-9,16H,10-11H2,1H3/b7-6-/t16?,20-/m0/s1. The lowest BCUT2D eigenvalue weighted by Gasteiger charge is -2.45. The van der Waals surface area contributed by atoms with Crippen LogP contribution in [-0.2, 0) is 47.3 Å². The Labute approximate surface area is 175 Å². The Hall–Kier alpha value is -2.68. The fourth-order valence-corrected chi connectivity index (χ4v) is 4.74. The maximum atomic E-state index is 13.2. The molecule has 0 amide bonds. The van der Waals surface area contributed by atoms with Gasteiger partial charge in [0.1, 0.15) is 0 Å². The van der Waals surface area contributed by atoms with E-state index in [9.17, 15) is 14.4 Å². The van der Waals surface area contributed by atoms with Gasteiger partial charge in [-0.05, 0) is 23.1 Å². The van der Waals surface area contributed by atoms with E-state index in [4.69, 9.17) is 25.8 Å². The summed E-state index contributed by atoms with van der Waals surface area (Å²) in [6, 6.07) is 8.44. The van der Waals surface area contributed by atoms with E-state index >= 15 is 0 Å². The minimum absolute atomic E-state index is 0.185. The van der Waals surface area contributed by atoms with Crippen molar-refractivity contribution in [2.24, 2.45) is 0 Å². The van der Waals surface area contributed by atoms with Crippen molar-refractivity contribution in [1.29, 1.82) is 0 Å². The van der Waals surface area contributed by atoms with Crippen molar-refractivity contribution in [3.8, 4) is 0 Å². The van der Waals surface area contributed by atoms with Crippen LogP contribution in [0.2, 0.25) is 5.02 Å². The SMILES string of the molecule is COC(=O)[C@]1(c2ccccc2Cl)OC(=O)/C=C\C(=O)OC2Cc3sccc3CN21. The first-order valence-corrected chi connectivity index (χ1v) is 9.98. The Morgan fingerprint density at radius 1 is 1.24 bits per heavy atom. The van der Waals surface area contributed by atoms with E-state index in [0.29, 0.717) is 6.42 Å². The fraction of sp³-hybridized carbons (Fsp3) is 0.250. The maximum absolute atomic E-state index is 13.2. The number of methoxy groups -OCH3 is 1. The Morgan fingerprint density at radius 2 is 2.00 bits per heavy atom. The summed E-state index contributed by atoms with van der Waals surface area (Å²) in [6.07, 6.45) is 1.35. The van der Waals surface area contributed by atoms with Crippen LogP contribution in [0, 0.1) is 0 Å². The topological polar surface area (TPSA) is 82.1 Å². The lowest BCUT2D eigenvalue weighted by Crippen LogP contribution is -2.60. The number of fused-ring (bicyclic) bond motifs is 2. The molecule has 1 aromatic heterocycles. The van der Waals surface area contributed by atoms with Gasteiger partial charge in [0, 0.05) is 40.6 Å². The third kappa shape index (κ3) is 3.33. The van der Waals surface area contributed by atoms with Crippen LogP contribution in [-0.4, -0.2) is 36.1 Å². The zero-order valence-electron chi connectivity index (χ0n) is 15.3. The lowest BCUT2D eigenvalue weighted by molar-refractivity contribution is -0.234. The Bertz CT molecular complexity index is 1020. The average Bonchev–Trinajstić information content (AvgIpc) is 3.18. The number of thiophene rings is 1. The quantitative estimate of drug-likeness (QED) is 0.532.